The number of anilines is 1. The van der Waals surface area contributed by atoms with Gasteiger partial charge in [-0.25, -0.2) is 4.39 Å². The highest BCUT2D eigenvalue weighted by atomic mass is 79.9. The van der Waals surface area contributed by atoms with Gasteiger partial charge in [-0.1, -0.05) is 11.6 Å². The van der Waals surface area contributed by atoms with Crippen LogP contribution < -0.4 is 5.32 Å². The number of nitrogens with one attached hydrogen (secondary N) is 1. The van der Waals surface area contributed by atoms with E-state index < -0.39 is 5.82 Å². The normalized spacial score (nSPS) is 10.2. The SMILES string of the molecule is O=C(Nc1ccc(Cl)cc1)c1ccc(Br)c(F)c1. The van der Waals surface area contributed by atoms with Crippen LogP contribution in [-0.4, -0.2) is 5.91 Å². The monoisotopic (exact) mass is 327 g/mol. The molecule has 5 heteroatoms. The van der Waals surface area contributed by atoms with Crippen molar-refractivity contribution in [2.45, 2.75) is 0 Å². The van der Waals surface area contributed by atoms with Crippen LogP contribution in [0.5, 0.6) is 0 Å². The second kappa shape index (κ2) is 5.50. The van der Waals surface area contributed by atoms with Crippen molar-refractivity contribution in [3.05, 3.63) is 63.3 Å². The van der Waals surface area contributed by atoms with Gasteiger partial charge in [0.15, 0.2) is 0 Å². The Balaban J connectivity index is 2.16. The Kier molecular flexibility index (Phi) is 3.99. The zero-order valence-corrected chi connectivity index (χ0v) is 11.4. The molecule has 1 N–H and O–H groups in total. The Bertz CT molecular complexity index is 586. The molecule has 18 heavy (non-hydrogen) atoms. The molecule has 0 saturated heterocycles. The van der Waals surface area contributed by atoms with E-state index in [1.54, 1.807) is 30.3 Å². The second-order valence-electron chi connectivity index (χ2n) is 3.59. The average Bonchev–Trinajstić information content (AvgIpc) is 2.35. The summed E-state index contributed by atoms with van der Waals surface area (Å²) >= 11 is 8.77. The molecule has 0 fully saturated rings. The zero-order valence-electron chi connectivity index (χ0n) is 9.08. The fourth-order valence-electron chi connectivity index (χ4n) is 1.37. The van der Waals surface area contributed by atoms with Crippen molar-refractivity contribution in [1.82, 2.24) is 0 Å². The molecule has 0 aliphatic rings. The van der Waals surface area contributed by atoms with Gasteiger partial charge in [0.1, 0.15) is 5.82 Å². The van der Waals surface area contributed by atoms with Gasteiger partial charge in [0, 0.05) is 16.3 Å². The quantitative estimate of drug-likeness (QED) is 0.864. The summed E-state index contributed by atoms with van der Waals surface area (Å²) < 4.78 is 13.6. The molecule has 0 atom stereocenters. The van der Waals surface area contributed by atoms with Gasteiger partial charge in [-0.3, -0.25) is 4.79 Å². The molecule has 2 aromatic rings. The van der Waals surface area contributed by atoms with Gasteiger partial charge in [-0.2, -0.15) is 0 Å². The minimum atomic E-state index is -0.473. The molecule has 92 valence electrons. The van der Waals surface area contributed by atoms with Crippen molar-refractivity contribution in [1.29, 1.82) is 0 Å². The van der Waals surface area contributed by atoms with Gasteiger partial charge in [0.05, 0.1) is 4.47 Å². The molecule has 0 aliphatic heterocycles. The number of hydrogen-bond donors (Lipinski definition) is 1. The van der Waals surface area contributed by atoms with Crippen LogP contribution >= 0.6 is 27.5 Å². The molecule has 1 amide bonds. The minimum Gasteiger partial charge on any atom is -0.322 e. The number of carbonyl (C=O) groups excluding carboxylic acids is 1. The zero-order chi connectivity index (χ0) is 13.1. The van der Waals surface area contributed by atoms with Crippen molar-refractivity contribution in [3.63, 3.8) is 0 Å². The summed E-state index contributed by atoms with van der Waals surface area (Å²) in [5.41, 5.74) is 0.860. The van der Waals surface area contributed by atoms with E-state index in [0.29, 0.717) is 15.2 Å². The van der Waals surface area contributed by atoms with Crippen molar-refractivity contribution < 1.29 is 9.18 Å². The Hall–Kier alpha value is -1.39. The van der Waals surface area contributed by atoms with Crippen molar-refractivity contribution in [2.24, 2.45) is 0 Å². The van der Waals surface area contributed by atoms with E-state index in [1.165, 1.54) is 12.1 Å². The van der Waals surface area contributed by atoms with Crippen LogP contribution in [0.2, 0.25) is 5.02 Å². The van der Waals surface area contributed by atoms with Crippen LogP contribution in [-0.2, 0) is 0 Å². The molecule has 0 radical (unpaired) electrons. The lowest BCUT2D eigenvalue weighted by atomic mass is 10.2. The first-order chi connectivity index (χ1) is 8.56. The molecule has 2 rings (SSSR count). The number of hydrogen-bond acceptors (Lipinski definition) is 1. The molecule has 2 nitrogen and oxygen atoms in total. The Morgan fingerprint density at radius 1 is 1.17 bits per heavy atom. The lowest BCUT2D eigenvalue weighted by Gasteiger charge is -2.05. The standard InChI is InChI=1S/C13H8BrClFNO/c14-11-6-1-8(7-12(11)16)13(18)17-10-4-2-9(15)3-5-10/h1-7H,(H,17,18). The highest BCUT2D eigenvalue weighted by Crippen LogP contribution is 2.18. The van der Waals surface area contributed by atoms with E-state index in [4.69, 9.17) is 11.6 Å². The molecule has 0 heterocycles. The summed E-state index contributed by atoms with van der Waals surface area (Å²) in [7, 11) is 0. The maximum Gasteiger partial charge on any atom is 0.255 e. The van der Waals surface area contributed by atoms with E-state index in [-0.39, 0.29) is 11.5 Å². The number of amides is 1. The first kappa shape index (κ1) is 13.1. The van der Waals surface area contributed by atoms with Crippen molar-refractivity contribution >= 4 is 39.1 Å². The predicted molar refractivity (Wildman–Crippen MR) is 73.5 cm³/mol. The topological polar surface area (TPSA) is 29.1 Å². The fraction of sp³-hybridized carbons (Fsp3) is 0. The summed E-state index contributed by atoms with van der Waals surface area (Å²) in [6.07, 6.45) is 0. The molecule has 0 aromatic heterocycles. The molecule has 2 aromatic carbocycles. The summed E-state index contributed by atoms with van der Waals surface area (Å²) in [6.45, 7) is 0. The number of halogens is 3. The summed E-state index contributed by atoms with van der Waals surface area (Å²) in [4.78, 5) is 11.8. The molecule has 0 bridgehead atoms. The Morgan fingerprint density at radius 3 is 2.44 bits per heavy atom. The van der Waals surface area contributed by atoms with Gasteiger partial charge in [0.25, 0.3) is 5.91 Å². The third-order valence-electron chi connectivity index (χ3n) is 2.28. The number of benzene rings is 2. The van der Waals surface area contributed by atoms with Crippen molar-refractivity contribution in [3.8, 4) is 0 Å². The number of carbonyl (C=O) groups is 1. The summed E-state index contributed by atoms with van der Waals surface area (Å²) in [5.74, 6) is -0.845. The van der Waals surface area contributed by atoms with Crippen LogP contribution in [0, 0.1) is 5.82 Å². The molecule has 0 saturated carbocycles. The average molecular weight is 329 g/mol. The van der Waals surface area contributed by atoms with Gasteiger partial charge in [-0.05, 0) is 58.4 Å². The fourth-order valence-corrected chi connectivity index (χ4v) is 1.75. The van der Waals surface area contributed by atoms with Crippen LogP contribution in [0.1, 0.15) is 10.4 Å². The number of rotatable bonds is 2. The van der Waals surface area contributed by atoms with E-state index in [9.17, 15) is 9.18 Å². The maximum absolute atomic E-state index is 13.3. The van der Waals surface area contributed by atoms with Gasteiger partial charge < -0.3 is 5.32 Å². The van der Waals surface area contributed by atoms with Crippen LogP contribution in [0.15, 0.2) is 46.9 Å². The molecule has 0 spiro atoms. The molecule has 0 aliphatic carbocycles. The maximum atomic E-state index is 13.3. The largest absolute Gasteiger partial charge is 0.322 e. The molecular weight excluding hydrogens is 321 g/mol. The summed E-state index contributed by atoms with van der Waals surface area (Å²) in [5, 5.41) is 3.24. The third kappa shape index (κ3) is 3.09. The smallest absolute Gasteiger partial charge is 0.255 e. The predicted octanol–water partition coefficient (Wildman–Crippen LogP) is 4.49. The van der Waals surface area contributed by atoms with Crippen LogP contribution in [0.25, 0.3) is 0 Å². The summed E-state index contributed by atoms with van der Waals surface area (Å²) in [6, 6.07) is 10.9. The Labute approximate surface area is 117 Å². The van der Waals surface area contributed by atoms with Gasteiger partial charge >= 0.3 is 0 Å². The minimum absolute atomic E-state index is 0.255. The van der Waals surface area contributed by atoms with Crippen LogP contribution in [0.3, 0.4) is 0 Å². The van der Waals surface area contributed by atoms with Crippen LogP contribution in [0.4, 0.5) is 10.1 Å². The first-order valence-corrected chi connectivity index (χ1v) is 6.25. The van der Waals surface area contributed by atoms with E-state index in [0.717, 1.165) is 0 Å². The highest BCUT2D eigenvalue weighted by molar-refractivity contribution is 9.10. The van der Waals surface area contributed by atoms with E-state index in [2.05, 4.69) is 21.2 Å². The lowest BCUT2D eigenvalue weighted by molar-refractivity contribution is 0.102. The molecule has 0 unspecified atom stereocenters. The third-order valence-corrected chi connectivity index (χ3v) is 3.18. The lowest BCUT2D eigenvalue weighted by Crippen LogP contribution is -2.12. The van der Waals surface area contributed by atoms with E-state index >= 15 is 0 Å². The van der Waals surface area contributed by atoms with Gasteiger partial charge in [-0.15, -0.1) is 0 Å². The molecular formula is C13H8BrClFNO. The highest BCUT2D eigenvalue weighted by Gasteiger charge is 2.08. The van der Waals surface area contributed by atoms with Gasteiger partial charge in [0.2, 0.25) is 0 Å². The second-order valence-corrected chi connectivity index (χ2v) is 4.88. The Morgan fingerprint density at radius 2 is 1.83 bits per heavy atom. The first-order valence-electron chi connectivity index (χ1n) is 5.08. The van der Waals surface area contributed by atoms with E-state index in [1.807, 2.05) is 0 Å². The van der Waals surface area contributed by atoms with Crippen molar-refractivity contribution in [2.75, 3.05) is 5.32 Å².